The molecule has 0 saturated carbocycles. The number of rotatable bonds is 1. The molecule has 0 amide bonds. The quantitative estimate of drug-likeness (QED) is 0.569. The molecule has 1 aromatic heterocycles. The average Bonchev–Trinajstić information content (AvgIpc) is 2.77. The van der Waals surface area contributed by atoms with E-state index in [1.54, 1.807) is 0 Å². The molecule has 3 rings (SSSR count). The predicted molar refractivity (Wildman–Crippen MR) is 72.0 cm³/mol. The zero-order valence-corrected chi connectivity index (χ0v) is 11.4. The van der Waals surface area contributed by atoms with Gasteiger partial charge in [-0.3, -0.25) is 0 Å². The van der Waals surface area contributed by atoms with E-state index >= 15 is 0 Å². The number of imidazole rings is 1. The van der Waals surface area contributed by atoms with Crippen molar-refractivity contribution >= 4 is 0 Å². The van der Waals surface area contributed by atoms with Gasteiger partial charge in [0.05, 0.1) is 0 Å². The van der Waals surface area contributed by atoms with Gasteiger partial charge < -0.3 is 16.9 Å². The third kappa shape index (κ3) is 1.78. The first-order valence-electron chi connectivity index (χ1n) is 5.93. The molecule has 4 nitrogen and oxygen atoms in total. The Bertz CT molecular complexity index is 435. The lowest BCUT2D eigenvalue weighted by Crippen LogP contribution is -2.40. The summed E-state index contributed by atoms with van der Waals surface area (Å²) in [6.07, 6.45) is 2.15. The summed E-state index contributed by atoms with van der Waals surface area (Å²) in [5.41, 5.74) is 0.0392. The fraction of sp³-hybridized carbons (Fsp3) is 0.714. The first-order valence-corrected chi connectivity index (χ1v) is 5.93. The molecule has 1 aromatic rings. The summed E-state index contributed by atoms with van der Waals surface area (Å²) in [6, 6.07) is 0.437. The van der Waals surface area contributed by atoms with Crippen molar-refractivity contribution in [3.63, 3.8) is 0 Å². The standard InChI is InChI=1S/C12H19N2O2.CH4.CH3/c1-8(2)9-5-15-10-11-14(7-13(9)10)12(3,4)6-16-11;;/h7-9H,5-6H2,1-4H3;1H4;1H3/q+1;;-1/t9-;;/m1../s1. The molecule has 0 saturated heterocycles. The van der Waals surface area contributed by atoms with Gasteiger partial charge in [0.1, 0.15) is 24.8 Å². The van der Waals surface area contributed by atoms with Crippen molar-refractivity contribution in [1.82, 2.24) is 4.57 Å². The van der Waals surface area contributed by atoms with Crippen LogP contribution in [0.15, 0.2) is 6.33 Å². The van der Waals surface area contributed by atoms with E-state index in [2.05, 4.69) is 43.2 Å². The Morgan fingerprint density at radius 2 is 2.06 bits per heavy atom. The lowest BCUT2D eigenvalue weighted by atomic mass is 10.1. The maximum absolute atomic E-state index is 5.77. The van der Waals surface area contributed by atoms with E-state index in [0.717, 1.165) is 25.0 Å². The lowest BCUT2D eigenvalue weighted by molar-refractivity contribution is -0.711. The average molecular weight is 254 g/mol. The topological polar surface area (TPSA) is 27.3 Å². The lowest BCUT2D eigenvalue weighted by Gasteiger charge is -2.13. The maximum atomic E-state index is 5.77. The molecule has 0 aliphatic carbocycles. The Hall–Kier alpha value is -1.19. The van der Waals surface area contributed by atoms with Crippen LogP contribution in [0.25, 0.3) is 0 Å². The van der Waals surface area contributed by atoms with E-state index in [-0.39, 0.29) is 20.4 Å². The van der Waals surface area contributed by atoms with Crippen LogP contribution < -0.4 is 14.0 Å². The summed E-state index contributed by atoms with van der Waals surface area (Å²) in [6.45, 7) is 10.3. The normalized spacial score (nSPS) is 22.4. The van der Waals surface area contributed by atoms with Crippen LogP contribution in [-0.4, -0.2) is 17.8 Å². The maximum Gasteiger partial charge on any atom is 0.373 e. The monoisotopic (exact) mass is 254 g/mol. The Kier molecular flexibility index (Phi) is 3.70. The highest BCUT2D eigenvalue weighted by atomic mass is 16.5. The molecule has 0 N–H and O–H groups in total. The van der Waals surface area contributed by atoms with Gasteiger partial charge in [0.25, 0.3) is 6.33 Å². The van der Waals surface area contributed by atoms with E-state index in [1.165, 1.54) is 0 Å². The fourth-order valence-corrected chi connectivity index (χ4v) is 2.45. The van der Waals surface area contributed by atoms with Gasteiger partial charge in [-0.1, -0.05) is 21.3 Å². The molecule has 2 aliphatic heterocycles. The molecule has 2 aliphatic rings. The third-order valence-corrected chi connectivity index (χ3v) is 3.61. The van der Waals surface area contributed by atoms with Crippen molar-refractivity contribution < 1.29 is 14.0 Å². The van der Waals surface area contributed by atoms with Crippen molar-refractivity contribution in [3.05, 3.63) is 13.8 Å². The minimum Gasteiger partial charge on any atom is -0.452 e. The summed E-state index contributed by atoms with van der Waals surface area (Å²) in [5, 5.41) is 0. The van der Waals surface area contributed by atoms with Gasteiger partial charge in [-0.2, -0.15) is 9.13 Å². The first kappa shape index (κ1) is 14.9. The predicted octanol–water partition coefficient (Wildman–Crippen LogP) is 2.58. The SMILES string of the molecule is C.CC(C)[C@H]1COc2c3n(c[n+]21)C(C)(C)CO3.[CH3-]. The van der Waals surface area contributed by atoms with Gasteiger partial charge in [-0.25, -0.2) is 0 Å². The van der Waals surface area contributed by atoms with E-state index in [1.807, 2.05) is 0 Å². The van der Waals surface area contributed by atoms with Gasteiger partial charge in [-0.15, -0.1) is 0 Å². The van der Waals surface area contributed by atoms with E-state index in [9.17, 15) is 0 Å². The van der Waals surface area contributed by atoms with Gasteiger partial charge in [0.15, 0.2) is 0 Å². The molecule has 18 heavy (non-hydrogen) atoms. The minimum atomic E-state index is 0. The zero-order chi connectivity index (χ0) is 11.5. The van der Waals surface area contributed by atoms with E-state index < -0.39 is 0 Å². The highest BCUT2D eigenvalue weighted by Gasteiger charge is 2.47. The minimum absolute atomic E-state index is 0. The number of aromatic nitrogens is 2. The highest BCUT2D eigenvalue weighted by Crippen LogP contribution is 2.40. The summed E-state index contributed by atoms with van der Waals surface area (Å²) in [7, 11) is 0. The van der Waals surface area contributed by atoms with Crippen LogP contribution in [0.1, 0.15) is 41.2 Å². The Morgan fingerprint density at radius 1 is 1.39 bits per heavy atom. The Labute approximate surface area is 111 Å². The van der Waals surface area contributed by atoms with Crippen LogP contribution in [0.4, 0.5) is 0 Å². The molecule has 104 valence electrons. The molecule has 0 spiro atoms. The smallest absolute Gasteiger partial charge is 0.373 e. The number of ether oxygens (including phenoxy) is 2. The fourth-order valence-electron chi connectivity index (χ4n) is 2.45. The molecule has 0 bridgehead atoms. The molecule has 3 heterocycles. The summed E-state index contributed by atoms with van der Waals surface area (Å²) in [4.78, 5) is 0. The third-order valence-electron chi connectivity index (χ3n) is 3.61. The van der Waals surface area contributed by atoms with Crippen molar-refractivity contribution in [2.75, 3.05) is 13.2 Å². The molecule has 0 aromatic carbocycles. The zero-order valence-electron chi connectivity index (χ0n) is 11.4. The van der Waals surface area contributed by atoms with Crippen LogP contribution >= 0.6 is 0 Å². The van der Waals surface area contributed by atoms with Gasteiger partial charge in [-0.05, 0) is 19.8 Å². The highest BCUT2D eigenvalue weighted by molar-refractivity contribution is 5.27. The number of fused-ring (bicyclic) bond motifs is 3. The number of nitrogens with zero attached hydrogens (tertiary/aromatic N) is 2. The van der Waals surface area contributed by atoms with E-state index in [4.69, 9.17) is 9.47 Å². The van der Waals surface area contributed by atoms with Crippen LogP contribution in [0, 0.1) is 13.3 Å². The van der Waals surface area contributed by atoms with E-state index in [0.29, 0.717) is 12.0 Å². The van der Waals surface area contributed by atoms with Crippen molar-refractivity contribution in [1.29, 1.82) is 0 Å². The Morgan fingerprint density at radius 3 is 2.67 bits per heavy atom. The molecular weight excluding hydrogens is 228 g/mol. The second kappa shape index (κ2) is 4.48. The van der Waals surface area contributed by atoms with Gasteiger partial charge in [0, 0.05) is 0 Å². The summed E-state index contributed by atoms with van der Waals surface area (Å²) in [5.74, 6) is 2.38. The molecule has 0 fully saturated rings. The Balaban J connectivity index is 0.000000810. The van der Waals surface area contributed by atoms with Crippen LogP contribution in [0.5, 0.6) is 11.8 Å². The molecule has 0 unspecified atom stereocenters. The number of hydrogen-bond acceptors (Lipinski definition) is 2. The van der Waals surface area contributed by atoms with Crippen LogP contribution in [0.2, 0.25) is 0 Å². The number of hydrogen-bond donors (Lipinski definition) is 0. The van der Waals surface area contributed by atoms with Crippen molar-refractivity contribution in [3.8, 4) is 11.8 Å². The van der Waals surface area contributed by atoms with Crippen molar-refractivity contribution in [2.24, 2.45) is 5.92 Å². The van der Waals surface area contributed by atoms with Crippen molar-refractivity contribution in [2.45, 2.75) is 46.7 Å². The largest absolute Gasteiger partial charge is 0.452 e. The first-order chi connectivity index (χ1) is 7.50. The molecular formula is C14H26N2O2. The second-order valence-electron chi connectivity index (χ2n) is 5.73. The second-order valence-corrected chi connectivity index (χ2v) is 5.73. The molecule has 4 heteroatoms. The summed E-state index contributed by atoms with van der Waals surface area (Å²) < 4.78 is 15.9. The van der Waals surface area contributed by atoms with Gasteiger partial charge >= 0.3 is 11.8 Å². The summed E-state index contributed by atoms with van der Waals surface area (Å²) >= 11 is 0. The van der Waals surface area contributed by atoms with Gasteiger partial charge in [0.2, 0.25) is 0 Å². The molecule has 1 atom stereocenters. The van der Waals surface area contributed by atoms with Crippen LogP contribution in [-0.2, 0) is 5.54 Å². The van der Waals surface area contributed by atoms with Crippen LogP contribution in [0.3, 0.4) is 0 Å². The molecule has 0 radical (unpaired) electrons.